The van der Waals surface area contributed by atoms with Gasteiger partial charge in [-0.25, -0.2) is 0 Å². The molecule has 4 heteroatoms. The Hall–Kier alpha value is -1.55. The zero-order chi connectivity index (χ0) is 16.7. The fourth-order valence-electron chi connectivity index (χ4n) is 3.38. The number of carbonyl (C=O) groups excluding carboxylic acids is 1. The Bertz CT molecular complexity index is 507. The molecule has 1 aromatic rings. The van der Waals surface area contributed by atoms with E-state index in [4.69, 9.17) is 9.47 Å². The summed E-state index contributed by atoms with van der Waals surface area (Å²) in [6.07, 6.45) is 4.33. The Labute approximate surface area is 139 Å². The van der Waals surface area contributed by atoms with Crippen molar-refractivity contribution in [1.29, 1.82) is 0 Å². The summed E-state index contributed by atoms with van der Waals surface area (Å²) in [5.74, 6) is 1.28. The standard InChI is InChI=1S/C19H29NO3/c1-19(2,16-11-13-20-14-12-16)23-18(21)10-6-8-15-7-4-5-9-17(15)22-3/h4-5,7,9,16,20H,6,8,10-14H2,1-3H3/p+1. The summed E-state index contributed by atoms with van der Waals surface area (Å²) < 4.78 is 11.1. The Morgan fingerprint density at radius 3 is 2.65 bits per heavy atom. The molecule has 0 saturated carbocycles. The number of quaternary nitrogens is 1. The Kier molecular flexibility index (Phi) is 6.46. The van der Waals surface area contributed by atoms with Gasteiger partial charge in [0.15, 0.2) is 0 Å². The molecular formula is C19H30NO3+. The van der Waals surface area contributed by atoms with E-state index in [2.05, 4.69) is 19.2 Å². The minimum atomic E-state index is -0.351. The van der Waals surface area contributed by atoms with Crippen LogP contribution in [0, 0.1) is 5.92 Å². The van der Waals surface area contributed by atoms with E-state index in [1.807, 2.05) is 24.3 Å². The van der Waals surface area contributed by atoms with Crippen molar-refractivity contribution in [3.8, 4) is 5.75 Å². The van der Waals surface area contributed by atoms with E-state index in [1.165, 1.54) is 0 Å². The van der Waals surface area contributed by atoms with Gasteiger partial charge in [0.25, 0.3) is 0 Å². The Morgan fingerprint density at radius 1 is 1.26 bits per heavy atom. The highest BCUT2D eigenvalue weighted by atomic mass is 16.6. The molecule has 0 unspecified atom stereocenters. The number of carbonyl (C=O) groups is 1. The lowest BCUT2D eigenvalue weighted by atomic mass is 9.83. The number of piperidine rings is 1. The van der Waals surface area contributed by atoms with Crippen LogP contribution >= 0.6 is 0 Å². The number of aryl methyl sites for hydroxylation is 1. The molecule has 0 amide bonds. The maximum atomic E-state index is 12.2. The lowest BCUT2D eigenvalue weighted by molar-refractivity contribution is -0.665. The highest BCUT2D eigenvalue weighted by Crippen LogP contribution is 2.28. The fraction of sp³-hybridized carbons (Fsp3) is 0.632. The van der Waals surface area contributed by atoms with Gasteiger partial charge in [0, 0.05) is 25.2 Å². The zero-order valence-corrected chi connectivity index (χ0v) is 14.6. The van der Waals surface area contributed by atoms with Crippen molar-refractivity contribution in [1.82, 2.24) is 0 Å². The Balaban J connectivity index is 1.78. The van der Waals surface area contributed by atoms with E-state index < -0.39 is 0 Å². The number of nitrogens with two attached hydrogens (primary N) is 1. The first kappa shape index (κ1) is 17.8. The summed E-state index contributed by atoms with van der Waals surface area (Å²) in [5, 5.41) is 2.33. The SMILES string of the molecule is COc1ccccc1CCCC(=O)OC(C)(C)C1CC[NH2+]CC1. The van der Waals surface area contributed by atoms with E-state index in [-0.39, 0.29) is 11.6 Å². The molecule has 1 aromatic carbocycles. The quantitative estimate of drug-likeness (QED) is 0.785. The van der Waals surface area contributed by atoms with Crippen LogP contribution in [0.15, 0.2) is 24.3 Å². The molecule has 0 atom stereocenters. The van der Waals surface area contributed by atoms with Crippen molar-refractivity contribution in [2.45, 2.75) is 51.6 Å². The van der Waals surface area contributed by atoms with Crippen LogP contribution in [0.4, 0.5) is 0 Å². The van der Waals surface area contributed by atoms with Gasteiger partial charge in [0.05, 0.1) is 20.2 Å². The third kappa shape index (κ3) is 5.24. The molecule has 2 N–H and O–H groups in total. The predicted molar refractivity (Wildman–Crippen MR) is 90.5 cm³/mol. The van der Waals surface area contributed by atoms with E-state index >= 15 is 0 Å². The molecule has 4 nitrogen and oxygen atoms in total. The van der Waals surface area contributed by atoms with E-state index in [0.717, 1.165) is 50.1 Å². The van der Waals surface area contributed by atoms with Gasteiger partial charge in [-0.3, -0.25) is 4.79 Å². The summed E-state index contributed by atoms with van der Waals surface area (Å²) in [6.45, 7) is 6.39. The first-order valence-corrected chi connectivity index (χ1v) is 8.68. The maximum Gasteiger partial charge on any atom is 0.306 e. The fourth-order valence-corrected chi connectivity index (χ4v) is 3.38. The lowest BCUT2D eigenvalue weighted by Gasteiger charge is -2.35. The summed E-state index contributed by atoms with van der Waals surface area (Å²) in [5.41, 5.74) is 0.792. The molecule has 1 fully saturated rings. The number of methoxy groups -OCH3 is 1. The second-order valence-electron chi connectivity index (χ2n) is 6.88. The topological polar surface area (TPSA) is 52.1 Å². The van der Waals surface area contributed by atoms with Crippen LogP contribution in [0.25, 0.3) is 0 Å². The van der Waals surface area contributed by atoms with Crippen LogP contribution in [-0.4, -0.2) is 31.8 Å². The third-order valence-electron chi connectivity index (χ3n) is 4.82. The van der Waals surface area contributed by atoms with Crippen LogP contribution in [0.5, 0.6) is 5.75 Å². The van der Waals surface area contributed by atoms with Crippen LogP contribution in [0.2, 0.25) is 0 Å². The molecule has 128 valence electrons. The highest BCUT2D eigenvalue weighted by Gasteiger charge is 2.35. The molecule has 0 bridgehead atoms. The minimum Gasteiger partial charge on any atom is -0.496 e. The number of esters is 1. The van der Waals surface area contributed by atoms with Crippen molar-refractivity contribution in [2.24, 2.45) is 5.92 Å². The summed E-state index contributed by atoms with van der Waals surface area (Å²) in [4.78, 5) is 12.2. The van der Waals surface area contributed by atoms with Crippen molar-refractivity contribution in [3.63, 3.8) is 0 Å². The molecule has 0 radical (unpaired) electrons. The molecular weight excluding hydrogens is 290 g/mol. The van der Waals surface area contributed by atoms with E-state index in [1.54, 1.807) is 7.11 Å². The predicted octanol–water partition coefficient (Wildman–Crippen LogP) is 2.31. The Morgan fingerprint density at radius 2 is 1.96 bits per heavy atom. The normalized spacial score (nSPS) is 16.1. The average Bonchev–Trinajstić information content (AvgIpc) is 2.55. The molecule has 1 aliphatic rings. The molecule has 0 spiro atoms. The first-order chi connectivity index (χ1) is 11.0. The van der Waals surface area contributed by atoms with E-state index in [0.29, 0.717) is 12.3 Å². The van der Waals surface area contributed by atoms with Crippen molar-refractivity contribution in [3.05, 3.63) is 29.8 Å². The van der Waals surface area contributed by atoms with E-state index in [9.17, 15) is 4.79 Å². The molecule has 23 heavy (non-hydrogen) atoms. The van der Waals surface area contributed by atoms with Gasteiger partial charge < -0.3 is 14.8 Å². The molecule has 1 heterocycles. The highest BCUT2D eigenvalue weighted by molar-refractivity contribution is 5.69. The number of benzene rings is 1. The van der Waals surface area contributed by atoms with Crippen molar-refractivity contribution < 1.29 is 19.6 Å². The van der Waals surface area contributed by atoms with Gasteiger partial charge in [-0.05, 0) is 38.3 Å². The summed E-state index contributed by atoms with van der Waals surface area (Å²) in [6, 6.07) is 7.96. The number of hydrogen-bond acceptors (Lipinski definition) is 3. The molecule has 1 saturated heterocycles. The van der Waals surface area contributed by atoms with Crippen LogP contribution in [0.3, 0.4) is 0 Å². The first-order valence-electron chi connectivity index (χ1n) is 8.68. The number of hydrogen-bond donors (Lipinski definition) is 1. The maximum absolute atomic E-state index is 12.2. The largest absolute Gasteiger partial charge is 0.496 e. The van der Waals surface area contributed by atoms with Gasteiger partial charge in [-0.15, -0.1) is 0 Å². The van der Waals surface area contributed by atoms with Crippen molar-refractivity contribution >= 4 is 5.97 Å². The van der Waals surface area contributed by atoms with Gasteiger partial charge in [0.2, 0.25) is 0 Å². The molecule has 2 rings (SSSR count). The summed E-state index contributed by atoms with van der Waals surface area (Å²) >= 11 is 0. The minimum absolute atomic E-state index is 0.0838. The number of ether oxygens (including phenoxy) is 2. The molecule has 0 aliphatic carbocycles. The zero-order valence-electron chi connectivity index (χ0n) is 14.6. The second-order valence-corrected chi connectivity index (χ2v) is 6.88. The molecule has 0 aromatic heterocycles. The molecule has 1 aliphatic heterocycles. The summed E-state index contributed by atoms with van der Waals surface area (Å²) in [7, 11) is 1.68. The number of rotatable bonds is 7. The lowest BCUT2D eigenvalue weighted by Crippen LogP contribution is -2.86. The second kappa shape index (κ2) is 8.34. The van der Waals surface area contributed by atoms with Crippen LogP contribution in [-0.2, 0) is 16.0 Å². The van der Waals surface area contributed by atoms with Crippen molar-refractivity contribution in [2.75, 3.05) is 20.2 Å². The van der Waals surface area contributed by atoms with Gasteiger partial charge in [0.1, 0.15) is 11.4 Å². The van der Waals surface area contributed by atoms with Gasteiger partial charge in [-0.2, -0.15) is 0 Å². The number of para-hydroxylation sites is 1. The van der Waals surface area contributed by atoms with Gasteiger partial charge in [-0.1, -0.05) is 18.2 Å². The smallest absolute Gasteiger partial charge is 0.306 e. The van der Waals surface area contributed by atoms with Crippen LogP contribution < -0.4 is 10.1 Å². The van der Waals surface area contributed by atoms with Gasteiger partial charge >= 0.3 is 5.97 Å². The third-order valence-corrected chi connectivity index (χ3v) is 4.82. The van der Waals surface area contributed by atoms with Crippen LogP contribution in [0.1, 0.15) is 45.1 Å². The monoisotopic (exact) mass is 320 g/mol. The average molecular weight is 320 g/mol.